The molecule has 0 bridgehead atoms. The van der Waals surface area contributed by atoms with Crippen molar-refractivity contribution in [2.45, 2.75) is 101 Å². The van der Waals surface area contributed by atoms with Crippen LogP contribution in [-0.4, -0.2) is 80.2 Å². The average molecular weight is 1520 g/mol. The fourth-order valence-corrected chi connectivity index (χ4v) is 8.68. The second-order valence-corrected chi connectivity index (χ2v) is 24.2. The maximum atomic E-state index is 11.4. The van der Waals surface area contributed by atoms with Crippen molar-refractivity contribution < 1.29 is 59.0 Å². The Morgan fingerprint density at radius 2 is 0.709 bits per heavy atom. The van der Waals surface area contributed by atoms with Gasteiger partial charge in [0.1, 0.15) is 5.60 Å². The molecule has 23 heteroatoms. The molecule has 7 aromatic carbocycles. The van der Waals surface area contributed by atoms with Gasteiger partial charge in [-0.05, 0) is 241 Å². The zero-order valence-corrected chi connectivity index (χ0v) is 62.0. The van der Waals surface area contributed by atoms with Crippen molar-refractivity contribution in [1.82, 2.24) is 5.32 Å². The first-order chi connectivity index (χ1) is 48.5. The Balaban J connectivity index is 0. The number of benzene rings is 7. The summed E-state index contributed by atoms with van der Waals surface area (Å²) in [5.74, 6) is -4.72. The number of carboxylic acids is 5. The maximum absolute atomic E-state index is 11.4. The van der Waals surface area contributed by atoms with Crippen molar-refractivity contribution in [3.05, 3.63) is 280 Å². The minimum Gasteiger partial charge on any atom is -0.481 e. The lowest BCUT2D eigenvalue weighted by Gasteiger charge is -2.19. The minimum atomic E-state index is -0.981. The second-order valence-electron chi connectivity index (χ2n) is 22.3. The summed E-state index contributed by atoms with van der Waals surface area (Å²) < 4.78 is 7.18. The third-order valence-corrected chi connectivity index (χ3v) is 13.9. The van der Waals surface area contributed by atoms with Crippen molar-refractivity contribution >= 4 is 80.0 Å². The predicted molar refractivity (Wildman–Crippen MR) is 402 cm³/mol. The van der Waals surface area contributed by atoms with Crippen LogP contribution in [0.15, 0.2) is 174 Å². The summed E-state index contributed by atoms with van der Waals surface area (Å²) in [6.07, 6.45) is 8.64. The van der Waals surface area contributed by atoms with Crippen molar-refractivity contribution in [2.24, 2.45) is 5.73 Å². The average Bonchev–Trinajstić information content (AvgIpc) is 0.917. The number of hydrogen-bond acceptors (Lipinski definition) is 15. The van der Waals surface area contributed by atoms with Crippen molar-refractivity contribution in [1.29, 1.82) is 36.8 Å². The zero-order valence-electron chi connectivity index (χ0n) is 58.8. The molecule has 8 N–H and O–H groups in total. The molecule has 1 amide bonds. The Bertz CT molecular complexity index is 4290. The molecule has 0 aromatic heterocycles. The van der Waals surface area contributed by atoms with Gasteiger partial charge in [0.2, 0.25) is 0 Å². The zero-order chi connectivity index (χ0) is 78.8. The van der Waals surface area contributed by atoms with Gasteiger partial charge in [-0.2, -0.15) is 36.8 Å². The number of alkyl carbamates (subject to hydrolysis) is 1. The quantitative estimate of drug-likeness (QED) is 0.0497. The largest absolute Gasteiger partial charge is 0.481 e. The highest BCUT2D eigenvalue weighted by Gasteiger charge is 2.15. The first-order valence-electron chi connectivity index (χ1n) is 30.8. The van der Waals surface area contributed by atoms with E-state index in [9.17, 15) is 28.8 Å². The van der Waals surface area contributed by atoms with E-state index in [4.69, 9.17) is 72.8 Å². The third kappa shape index (κ3) is 43.5. The van der Waals surface area contributed by atoms with Crippen LogP contribution in [0.25, 0.3) is 12.2 Å². The second kappa shape index (κ2) is 51.6. The summed E-state index contributed by atoms with van der Waals surface area (Å²) in [5, 5.41) is 104. The molecule has 103 heavy (non-hydrogen) atoms. The third-order valence-electron chi connectivity index (χ3n) is 12.9. The first kappa shape index (κ1) is 92.5. The molecule has 0 aliphatic rings. The molecule has 532 valence electrons. The van der Waals surface area contributed by atoms with Gasteiger partial charge < -0.3 is 41.3 Å². The molecule has 0 fully saturated rings. The number of rotatable bonds is 14. The number of carbonyl (C=O) groups is 6. The molecule has 0 heterocycles. The molecular weight excluding hydrogens is 1440 g/mol. The molecule has 7 aromatic rings. The molecule has 0 aliphatic carbocycles. The lowest BCUT2D eigenvalue weighted by Crippen LogP contribution is -2.33. The van der Waals surface area contributed by atoms with E-state index in [1.165, 1.54) is 17.7 Å². The van der Waals surface area contributed by atoms with Gasteiger partial charge in [-0.3, -0.25) is 4.79 Å². The van der Waals surface area contributed by atoms with E-state index < -0.39 is 41.5 Å². The van der Waals surface area contributed by atoms with E-state index in [1.807, 2.05) is 142 Å². The van der Waals surface area contributed by atoms with E-state index in [0.29, 0.717) is 48.2 Å². The number of halogens is 2. The SMILES string of the molecule is C=CC(=O)O.C=CC(=O)O.Cc1cc(/C=C/C(=O)O)ccc1C#N.Cc1cc(/C=C/C(=O)O)ccc1C#N.Cc1cc(Br)ccc1C#N.Cc1cc(Br)ccc1C#N.Cc1cc(CCC(=O)O)ccc1C#N.Cc1cc(CCN)ccc1C#N.Cc1cc(CCNC(=O)OC(C)(C)C)ccc1C#N. The summed E-state index contributed by atoms with van der Waals surface area (Å²) in [7, 11) is 0. The normalized spacial score (nSPS) is 9.42. The van der Waals surface area contributed by atoms with E-state index >= 15 is 0 Å². The number of aryl methyl sites for hydroxylation is 8. The van der Waals surface area contributed by atoms with Gasteiger partial charge >= 0.3 is 35.9 Å². The summed E-state index contributed by atoms with van der Waals surface area (Å²) in [4.78, 5) is 60.8. The Hall–Kier alpha value is -12.5. The summed E-state index contributed by atoms with van der Waals surface area (Å²) in [6.45, 7) is 25.8. The topological polar surface area (TPSA) is 417 Å². The molecule has 7 rings (SSSR count). The van der Waals surface area contributed by atoms with Crippen LogP contribution in [0.3, 0.4) is 0 Å². The van der Waals surface area contributed by atoms with Crippen molar-refractivity contribution in [3.63, 3.8) is 0 Å². The number of carbonyl (C=O) groups excluding carboxylic acids is 1. The monoisotopic (exact) mass is 1520 g/mol. The van der Waals surface area contributed by atoms with E-state index in [-0.39, 0.29) is 6.42 Å². The highest BCUT2D eigenvalue weighted by atomic mass is 79.9. The van der Waals surface area contributed by atoms with Crippen LogP contribution in [0.2, 0.25) is 0 Å². The number of nitrogens with one attached hydrogen (secondary N) is 1. The molecule has 0 spiro atoms. The number of nitrogens with two attached hydrogens (primary N) is 1. The van der Waals surface area contributed by atoms with Gasteiger partial charge in [-0.1, -0.05) is 106 Å². The number of aliphatic carboxylic acids is 5. The van der Waals surface area contributed by atoms with E-state index in [2.05, 4.69) is 80.7 Å². The Morgan fingerprint density at radius 3 is 0.951 bits per heavy atom. The fraction of sp³-hybridized carbons (Fsp3) is 0.212. The van der Waals surface area contributed by atoms with Crippen molar-refractivity contribution in [3.8, 4) is 42.5 Å². The first-order valence-corrected chi connectivity index (χ1v) is 32.3. The molecule has 21 nitrogen and oxygen atoms in total. The number of amides is 1. The van der Waals surface area contributed by atoms with Gasteiger partial charge in [-0.15, -0.1) is 0 Å². The molecule has 0 radical (unpaired) electrons. The Kier molecular flexibility index (Phi) is 46.4. The smallest absolute Gasteiger partial charge is 0.407 e. The number of nitrogens with zero attached hydrogens (tertiary/aromatic N) is 7. The highest BCUT2D eigenvalue weighted by Crippen LogP contribution is 2.18. The van der Waals surface area contributed by atoms with Gasteiger partial charge in [0.05, 0.1) is 81.4 Å². The van der Waals surface area contributed by atoms with Crippen LogP contribution in [0, 0.1) is 128 Å². The maximum Gasteiger partial charge on any atom is 0.407 e. The van der Waals surface area contributed by atoms with Crippen LogP contribution in [-0.2, 0) is 48.0 Å². The van der Waals surface area contributed by atoms with Crippen LogP contribution in [0.1, 0.15) is 133 Å². The van der Waals surface area contributed by atoms with Crippen LogP contribution >= 0.6 is 31.9 Å². The van der Waals surface area contributed by atoms with Crippen LogP contribution in [0.5, 0.6) is 0 Å². The molecule has 0 saturated heterocycles. The fourth-order valence-electron chi connectivity index (χ4n) is 7.73. The summed E-state index contributed by atoms with van der Waals surface area (Å²) >= 11 is 6.63. The standard InChI is InChI=1S/C15H20N2O2.C11H11NO2.2C11H9NO2.C10H12N2.2C8H6BrN.2C3H4O2/c1-11-9-12(5-6-13(11)10-16)7-8-17-14(18)19-15(2,3)4;3*1-8-6-9(3-5-11(13)14)2-4-10(8)7-12;1-8-6-9(4-5-11)2-3-10(8)7-12;2*1-6-4-8(9)3-2-7(6)5-10;2*1-2-3(4)5/h5-6,9H,7-8H2,1-4H3,(H,17,18);2,4,6H,3,5H2,1H3,(H,13,14);2*2-6H,1H3,(H,13,14);2-3,6H,4-5,11H2,1H3;2*2-4H,1H3;2*2H,1H2,(H,4,5)/b;;2*5-3+;;;;;. The number of nitriles is 7. The van der Waals surface area contributed by atoms with Gasteiger partial charge in [0.15, 0.2) is 0 Å². The van der Waals surface area contributed by atoms with E-state index in [1.54, 1.807) is 66.7 Å². The number of ether oxygens (including phenoxy) is 1. The molecular formula is C80H81Br2N9O12. The van der Waals surface area contributed by atoms with Crippen molar-refractivity contribution in [2.75, 3.05) is 13.1 Å². The van der Waals surface area contributed by atoms with Gasteiger partial charge in [-0.25, -0.2) is 24.0 Å². The predicted octanol–water partition coefficient (Wildman–Crippen LogP) is 15.9. The lowest BCUT2D eigenvalue weighted by molar-refractivity contribution is -0.137. The van der Waals surface area contributed by atoms with Crippen LogP contribution < -0.4 is 11.1 Å². The Morgan fingerprint density at radius 1 is 0.437 bits per heavy atom. The van der Waals surface area contributed by atoms with E-state index in [0.717, 1.165) is 118 Å². The minimum absolute atomic E-state index is 0.130. The molecule has 0 saturated carbocycles. The summed E-state index contributed by atoms with van der Waals surface area (Å²) in [6, 6.07) is 53.1. The van der Waals surface area contributed by atoms with Crippen LogP contribution in [0.4, 0.5) is 4.79 Å². The highest BCUT2D eigenvalue weighted by molar-refractivity contribution is 9.10. The molecule has 0 aliphatic heterocycles. The van der Waals surface area contributed by atoms with Gasteiger partial charge in [0, 0.05) is 46.2 Å². The van der Waals surface area contributed by atoms with Gasteiger partial charge in [0.25, 0.3) is 0 Å². The number of hydrogen-bond donors (Lipinski definition) is 7. The molecule has 0 unspecified atom stereocenters. The molecule has 0 atom stereocenters. The lowest BCUT2D eigenvalue weighted by atomic mass is 10.0. The summed E-state index contributed by atoms with van der Waals surface area (Å²) in [5.41, 5.74) is 21.1. The Labute approximate surface area is 618 Å². The number of carboxylic acid groups (broad SMARTS) is 5.